The topological polar surface area (TPSA) is 26.2 Å². The molecule has 0 amide bonds. The van der Waals surface area contributed by atoms with Gasteiger partial charge >= 0.3 is 0 Å². The Bertz CT molecular complexity index is 590. The molecule has 2 atom stereocenters. The lowest BCUT2D eigenvalue weighted by atomic mass is 10.2. The average Bonchev–Trinajstić information content (AvgIpc) is 3.05. The summed E-state index contributed by atoms with van der Waals surface area (Å²) in [5.74, 6) is 0. The Morgan fingerprint density at radius 1 is 1.29 bits per heavy atom. The van der Waals surface area contributed by atoms with E-state index in [1.165, 1.54) is 35.9 Å². The van der Waals surface area contributed by atoms with Gasteiger partial charge in [-0.1, -0.05) is 25.1 Å². The molecule has 2 unspecified atom stereocenters. The largest absolute Gasteiger partial charge is 0.373 e. The predicted molar refractivity (Wildman–Crippen MR) is 87.5 cm³/mol. The van der Waals surface area contributed by atoms with Crippen LogP contribution < -0.4 is 5.32 Å². The maximum absolute atomic E-state index is 6.02. The number of rotatable bonds is 6. The van der Waals surface area contributed by atoms with E-state index in [-0.39, 0.29) is 0 Å². The van der Waals surface area contributed by atoms with Gasteiger partial charge in [0.15, 0.2) is 0 Å². The molecule has 1 aromatic heterocycles. The van der Waals surface area contributed by atoms with Crippen LogP contribution >= 0.6 is 0 Å². The van der Waals surface area contributed by atoms with Crippen molar-refractivity contribution >= 4 is 10.9 Å². The predicted octanol–water partition coefficient (Wildman–Crippen LogP) is 3.71. The standard InChI is InChI=1S/C18H26N2O/c1-3-10-19-12-16-11-15-6-4-5-7-18(15)20(16)13-17-9-8-14(2)21-17/h4-7,11,14,17,19H,3,8-10,12-13H2,1-2H3. The van der Waals surface area contributed by atoms with Crippen LogP contribution in [0.2, 0.25) is 0 Å². The van der Waals surface area contributed by atoms with Crippen molar-refractivity contribution in [1.82, 2.24) is 9.88 Å². The monoisotopic (exact) mass is 286 g/mol. The fourth-order valence-corrected chi connectivity index (χ4v) is 3.25. The van der Waals surface area contributed by atoms with Gasteiger partial charge in [-0.25, -0.2) is 0 Å². The SMILES string of the molecule is CCCNCc1cc2ccccc2n1CC1CCC(C)O1. The Hall–Kier alpha value is -1.32. The average molecular weight is 286 g/mol. The second kappa shape index (κ2) is 6.63. The van der Waals surface area contributed by atoms with Crippen LogP contribution in [0.15, 0.2) is 30.3 Å². The molecule has 114 valence electrons. The molecule has 1 N–H and O–H groups in total. The highest BCUT2D eigenvalue weighted by atomic mass is 16.5. The number of para-hydroxylation sites is 1. The van der Waals surface area contributed by atoms with Gasteiger partial charge in [-0.05, 0) is 50.2 Å². The maximum atomic E-state index is 6.02. The zero-order valence-electron chi connectivity index (χ0n) is 13.1. The molecule has 0 bridgehead atoms. The van der Waals surface area contributed by atoms with Gasteiger partial charge in [0.1, 0.15) is 0 Å². The van der Waals surface area contributed by atoms with Gasteiger partial charge in [0.2, 0.25) is 0 Å². The summed E-state index contributed by atoms with van der Waals surface area (Å²) in [5, 5.41) is 4.86. The molecular formula is C18H26N2O. The molecule has 0 saturated carbocycles. The molecule has 1 aliphatic rings. The van der Waals surface area contributed by atoms with Crippen molar-refractivity contribution in [2.45, 2.75) is 58.4 Å². The normalized spacial score (nSPS) is 22.2. The molecule has 21 heavy (non-hydrogen) atoms. The Balaban J connectivity index is 1.84. The molecule has 1 aliphatic heterocycles. The molecule has 1 fully saturated rings. The summed E-state index contributed by atoms with van der Waals surface area (Å²) >= 11 is 0. The number of hydrogen-bond acceptors (Lipinski definition) is 2. The number of nitrogens with zero attached hydrogens (tertiary/aromatic N) is 1. The van der Waals surface area contributed by atoms with Crippen LogP contribution in [0.1, 0.15) is 38.8 Å². The smallest absolute Gasteiger partial charge is 0.0758 e. The summed E-state index contributed by atoms with van der Waals surface area (Å²) in [6, 6.07) is 11.0. The Morgan fingerprint density at radius 3 is 2.90 bits per heavy atom. The van der Waals surface area contributed by atoms with E-state index in [4.69, 9.17) is 4.74 Å². The van der Waals surface area contributed by atoms with E-state index in [1.54, 1.807) is 0 Å². The van der Waals surface area contributed by atoms with E-state index in [2.05, 4.69) is 54.1 Å². The third kappa shape index (κ3) is 3.30. The fraction of sp³-hybridized carbons (Fsp3) is 0.556. The van der Waals surface area contributed by atoms with Crippen molar-refractivity contribution in [2.75, 3.05) is 6.54 Å². The van der Waals surface area contributed by atoms with Crippen LogP contribution in [0.5, 0.6) is 0 Å². The minimum absolute atomic E-state index is 0.362. The van der Waals surface area contributed by atoms with Crippen LogP contribution in [0.25, 0.3) is 10.9 Å². The van der Waals surface area contributed by atoms with E-state index in [9.17, 15) is 0 Å². The Kier molecular flexibility index (Phi) is 4.61. The first-order valence-corrected chi connectivity index (χ1v) is 8.21. The van der Waals surface area contributed by atoms with Gasteiger partial charge in [-0.15, -0.1) is 0 Å². The first kappa shape index (κ1) is 14.6. The summed E-state index contributed by atoms with van der Waals surface area (Å²) in [4.78, 5) is 0. The van der Waals surface area contributed by atoms with E-state index in [1.807, 2.05) is 0 Å². The van der Waals surface area contributed by atoms with Gasteiger partial charge in [0.25, 0.3) is 0 Å². The van der Waals surface area contributed by atoms with Crippen LogP contribution in [-0.4, -0.2) is 23.3 Å². The second-order valence-corrected chi connectivity index (χ2v) is 6.13. The summed E-state index contributed by atoms with van der Waals surface area (Å²) in [7, 11) is 0. The molecule has 1 saturated heterocycles. The van der Waals surface area contributed by atoms with Gasteiger partial charge < -0.3 is 14.6 Å². The number of benzene rings is 1. The van der Waals surface area contributed by atoms with Gasteiger partial charge in [0.05, 0.1) is 12.2 Å². The lowest BCUT2D eigenvalue weighted by molar-refractivity contribution is 0.0460. The Labute approximate surface area is 127 Å². The second-order valence-electron chi connectivity index (χ2n) is 6.13. The third-order valence-electron chi connectivity index (χ3n) is 4.34. The maximum Gasteiger partial charge on any atom is 0.0758 e. The van der Waals surface area contributed by atoms with Gasteiger partial charge in [-0.2, -0.15) is 0 Å². The van der Waals surface area contributed by atoms with Crippen molar-refractivity contribution in [2.24, 2.45) is 0 Å². The number of ether oxygens (including phenoxy) is 1. The fourth-order valence-electron chi connectivity index (χ4n) is 3.25. The summed E-state index contributed by atoms with van der Waals surface area (Å²) in [6.45, 7) is 7.36. The minimum Gasteiger partial charge on any atom is -0.373 e. The summed E-state index contributed by atoms with van der Waals surface area (Å²) < 4.78 is 8.47. The van der Waals surface area contributed by atoms with Crippen molar-refractivity contribution in [1.29, 1.82) is 0 Å². The first-order chi connectivity index (χ1) is 10.3. The van der Waals surface area contributed by atoms with Crippen LogP contribution in [0, 0.1) is 0 Å². The molecular weight excluding hydrogens is 260 g/mol. The number of fused-ring (bicyclic) bond motifs is 1. The Morgan fingerprint density at radius 2 is 2.14 bits per heavy atom. The number of aromatic nitrogens is 1. The minimum atomic E-state index is 0.362. The van der Waals surface area contributed by atoms with E-state index >= 15 is 0 Å². The van der Waals surface area contributed by atoms with Gasteiger partial charge in [0, 0.05) is 24.3 Å². The molecule has 3 nitrogen and oxygen atoms in total. The van der Waals surface area contributed by atoms with Gasteiger partial charge in [-0.3, -0.25) is 0 Å². The molecule has 0 radical (unpaired) electrons. The molecule has 0 spiro atoms. The highest BCUT2D eigenvalue weighted by Crippen LogP contribution is 2.25. The zero-order valence-corrected chi connectivity index (χ0v) is 13.1. The lowest BCUT2D eigenvalue weighted by Gasteiger charge is -2.16. The quantitative estimate of drug-likeness (QED) is 0.819. The number of hydrogen-bond donors (Lipinski definition) is 1. The molecule has 0 aliphatic carbocycles. The van der Waals surface area contributed by atoms with E-state index in [0.29, 0.717) is 12.2 Å². The highest BCUT2D eigenvalue weighted by molar-refractivity contribution is 5.81. The zero-order chi connectivity index (χ0) is 14.7. The third-order valence-corrected chi connectivity index (χ3v) is 4.34. The highest BCUT2D eigenvalue weighted by Gasteiger charge is 2.23. The van der Waals surface area contributed by atoms with Crippen molar-refractivity contribution in [3.05, 3.63) is 36.0 Å². The van der Waals surface area contributed by atoms with Crippen LogP contribution in [0.4, 0.5) is 0 Å². The van der Waals surface area contributed by atoms with E-state index < -0.39 is 0 Å². The molecule has 3 heteroatoms. The lowest BCUT2D eigenvalue weighted by Crippen LogP contribution is -2.21. The van der Waals surface area contributed by atoms with Crippen molar-refractivity contribution in [3.8, 4) is 0 Å². The van der Waals surface area contributed by atoms with Crippen LogP contribution in [0.3, 0.4) is 0 Å². The van der Waals surface area contributed by atoms with Crippen molar-refractivity contribution in [3.63, 3.8) is 0 Å². The van der Waals surface area contributed by atoms with E-state index in [0.717, 1.165) is 19.6 Å². The van der Waals surface area contributed by atoms with Crippen LogP contribution in [-0.2, 0) is 17.8 Å². The molecule has 2 aromatic rings. The number of nitrogens with one attached hydrogen (secondary N) is 1. The molecule has 2 heterocycles. The summed E-state index contributed by atoms with van der Waals surface area (Å²) in [5.41, 5.74) is 2.70. The van der Waals surface area contributed by atoms with Crippen molar-refractivity contribution < 1.29 is 4.74 Å². The first-order valence-electron chi connectivity index (χ1n) is 8.21. The molecule has 1 aromatic carbocycles. The molecule has 3 rings (SSSR count). The summed E-state index contributed by atoms with van der Waals surface area (Å²) in [6.07, 6.45) is 4.31.